The first kappa shape index (κ1) is 15.6. The molecule has 0 fully saturated rings. The van der Waals surface area contributed by atoms with E-state index in [4.69, 9.17) is 9.05 Å². The van der Waals surface area contributed by atoms with Crippen LogP contribution < -0.4 is 0 Å². The van der Waals surface area contributed by atoms with Crippen LogP contribution in [0.5, 0.6) is 0 Å². The zero-order valence-electron chi connectivity index (χ0n) is 9.90. The van der Waals surface area contributed by atoms with E-state index >= 15 is 0 Å². The first-order valence-corrected chi connectivity index (χ1v) is 8.98. The second-order valence-corrected chi connectivity index (χ2v) is 7.83. The average Bonchev–Trinajstić information content (AvgIpc) is 2.14. The van der Waals surface area contributed by atoms with Gasteiger partial charge >= 0.3 is 6.80 Å². The minimum absolute atomic E-state index is 0.398. The van der Waals surface area contributed by atoms with Crippen LogP contribution in [0.25, 0.3) is 0 Å². The predicted molar refractivity (Wildman–Crippen MR) is 70.3 cm³/mol. The molecule has 0 heterocycles. The van der Waals surface area contributed by atoms with Gasteiger partial charge in [0, 0.05) is 11.4 Å². The summed E-state index contributed by atoms with van der Waals surface area (Å²) in [6, 6.07) is 0. The quantitative estimate of drug-likeness (QED) is 0.636. The summed E-state index contributed by atoms with van der Waals surface area (Å²) in [5.41, 5.74) is 1.13. The number of hydrogen-bond acceptors (Lipinski definition) is 5. The summed E-state index contributed by atoms with van der Waals surface area (Å²) >= 11 is 2.77. The second-order valence-electron chi connectivity index (χ2n) is 2.87. The summed E-state index contributed by atoms with van der Waals surface area (Å²) in [4.78, 5) is 0. The lowest BCUT2D eigenvalue weighted by Gasteiger charge is -2.17. The molecular formula is C9H19O3PS2. The Bertz CT molecular complexity index is 252. The lowest BCUT2D eigenvalue weighted by atomic mass is 10.4. The third-order valence-electron chi connectivity index (χ3n) is 1.36. The third-order valence-corrected chi connectivity index (χ3v) is 7.06. The van der Waals surface area contributed by atoms with E-state index in [0.29, 0.717) is 13.2 Å². The molecule has 0 aliphatic heterocycles. The number of rotatable bonds is 7. The van der Waals surface area contributed by atoms with Gasteiger partial charge in [0.2, 0.25) is 0 Å². The molecule has 0 aliphatic carbocycles. The van der Waals surface area contributed by atoms with E-state index in [9.17, 15) is 4.57 Å². The Balaban J connectivity index is 4.67. The first-order valence-electron chi connectivity index (χ1n) is 4.79. The Morgan fingerprint density at radius 3 is 1.93 bits per heavy atom. The van der Waals surface area contributed by atoms with Crippen LogP contribution in [0.4, 0.5) is 0 Å². The highest BCUT2D eigenvalue weighted by Crippen LogP contribution is 2.65. The zero-order chi connectivity index (χ0) is 11.9. The smallest absolute Gasteiger partial charge is 0.301 e. The van der Waals surface area contributed by atoms with Gasteiger partial charge < -0.3 is 9.05 Å². The van der Waals surface area contributed by atoms with Gasteiger partial charge in [-0.25, -0.2) is 4.57 Å². The Labute approximate surface area is 101 Å². The van der Waals surface area contributed by atoms with E-state index in [1.165, 1.54) is 11.4 Å². The predicted octanol–water partition coefficient (Wildman–Crippen LogP) is 4.52. The Kier molecular flexibility index (Phi) is 8.10. The molecule has 0 radical (unpaired) electrons. The fraction of sp³-hybridized carbons (Fsp3) is 0.778. The highest BCUT2D eigenvalue weighted by atomic mass is 32.7. The van der Waals surface area contributed by atoms with Gasteiger partial charge in [0.1, 0.15) is 0 Å². The van der Waals surface area contributed by atoms with Crippen molar-refractivity contribution < 1.29 is 13.6 Å². The minimum atomic E-state index is -3.01. The van der Waals surface area contributed by atoms with Gasteiger partial charge in [-0.2, -0.15) is 0 Å². The third kappa shape index (κ3) is 6.03. The molecule has 0 bridgehead atoms. The molecule has 90 valence electrons. The molecule has 0 saturated carbocycles. The summed E-state index contributed by atoms with van der Waals surface area (Å²) in [7, 11) is 0. The molecule has 6 heteroatoms. The molecule has 0 atom stereocenters. The average molecular weight is 270 g/mol. The molecule has 0 aromatic heterocycles. The van der Waals surface area contributed by atoms with E-state index < -0.39 is 6.80 Å². The molecule has 0 rings (SSSR count). The molecule has 0 aliphatic rings. The molecule has 0 aromatic rings. The molecular weight excluding hydrogens is 251 g/mol. The first-order chi connectivity index (χ1) is 6.99. The maximum Gasteiger partial charge on any atom is 0.394 e. The van der Waals surface area contributed by atoms with Crippen molar-refractivity contribution >= 4 is 29.9 Å². The monoisotopic (exact) mass is 270 g/mol. The summed E-state index contributed by atoms with van der Waals surface area (Å²) < 4.78 is 23.6. The van der Waals surface area contributed by atoms with Crippen LogP contribution in [-0.2, 0) is 13.6 Å². The van der Waals surface area contributed by atoms with Crippen molar-refractivity contribution in [1.82, 2.24) is 0 Å². The highest BCUT2D eigenvalue weighted by molar-refractivity contribution is 8.60. The maximum atomic E-state index is 12.2. The molecule has 0 N–H and O–H groups in total. The van der Waals surface area contributed by atoms with Crippen LogP contribution in [0.15, 0.2) is 9.81 Å². The fourth-order valence-corrected chi connectivity index (χ4v) is 6.34. The van der Waals surface area contributed by atoms with Gasteiger partial charge in [0.05, 0.1) is 17.5 Å². The Morgan fingerprint density at radius 2 is 1.67 bits per heavy atom. The topological polar surface area (TPSA) is 35.5 Å². The van der Waals surface area contributed by atoms with Gasteiger partial charge in [-0.05, 0) is 34.0 Å². The summed E-state index contributed by atoms with van der Waals surface area (Å²) in [5.74, 6) is 0. The molecule has 0 aromatic carbocycles. The van der Waals surface area contributed by atoms with Crippen molar-refractivity contribution in [2.24, 2.45) is 0 Å². The van der Waals surface area contributed by atoms with Gasteiger partial charge in [-0.15, -0.1) is 11.8 Å². The van der Waals surface area contributed by atoms with Crippen molar-refractivity contribution in [2.45, 2.75) is 27.7 Å². The Hall–Kier alpha value is 0.590. The fourth-order valence-electron chi connectivity index (χ4n) is 0.840. The maximum absolute atomic E-state index is 12.2. The van der Waals surface area contributed by atoms with E-state index in [-0.39, 0.29) is 0 Å². The molecule has 15 heavy (non-hydrogen) atoms. The van der Waals surface area contributed by atoms with Gasteiger partial charge in [0.25, 0.3) is 0 Å². The molecule has 0 saturated heterocycles. The van der Waals surface area contributed by atoms with Crippen LogP contribution in [0.2, 0.25) is 0 Å². The summed E-state index contributed by atoms with van der Waals surface area (Å²) in [6.07, 6.45) is 1.96. The van der Waals surface area contributed by atoms with Crippen LogP contribution in [0.1, 0.15) is 27.7 Å². The summed E-state index contributed by atoms with van der Waals surface area (Å²) in [5, 5.41) is 0. The van der Waals surface area contributed by atoms with Crippen molar-refractivity contribution in [1.29, 1.82) is 0 Å². The van der Waals surface area contributed by atoms with Crippen molar-refractivity contribution in [3.63, 3.8) is 0 Å². The van der Waals surface area contributed by atoms with Gasteiger partial charge in [-0.3, -0.25) is 0 Å². The standard InChI is InChI=1S/C9H19O3PS2/c1-6-11-13(10,12-7-2)15-9(14-5)8(3)4/h6-7H2,1-5H3. The van der Waals surface area contributed by atoms with Crippen LogP contribution in [-0.4, -0.2) is 19.5 Å². The number of hydrogen-bond donors (Lipinski definition) is 0. The normalized spacial score (nSPS) is 11.5. The second kappa shape index (κ2) is 7.80. The van der Waals surface area contributed by atoms with Crippen LogP contribution >= 0.6 is 29.9 Å². The van der Waals surface area contributed by atoms with Crippen molar-refractivity contribution in [2.75, 3.05) is 19.5 Å². The number of allylic oxidation sites excluding steroid dienone is 1. The van der Waals surface area contributed by atoms with Crippen LogP contribution in [0.3, 0.4) is 0 Å². The molecule has 0 unspecified atom stereocenters. The van der Waals surface area contributed by atoms with Gasteiger partial charge in [-0.1, -0.05) is 5.57 Å². The van der Waals surface area contributed by atoms with E-state index in [1.54, 1.807) is 11.8 Å². The molecule has 3 nitrogen and oxygen atoms in total. The molecule has 0 spiro atoms. The Morgan fingerprint density at radius 1 is 1.20 bits per heavy atom. The van der Waals surface area contributed by atoms with Crippen molar-refractivity contribution in [3.05, 3.63) is 9.81 Å². The number of thioether (sulfide) groups is 1. The van der Waals surface area contributed by atoms with E-state index in [1.807, 2.05) is 34.0 Å². The highest BCUT2D eigenvalue weighted by Gasteiger charge is 2.26. The lowest BCUT2D eigenvalue weighted by Crippen LogP contribution is -1.92. The lowest BCUT2D eigenvalue weighted by molar-refractivity contribution is 0.237. The SMILES string of the molecule is CCOP(=O)(OCC)SC(SC)=C(C)C. The largest absolute Gasteiger partial charge is 0.394 e. The minimum Gasteiger partial charge on any atom is -0.301 e. The molecule has 0 amide bonds. The van der Waals surface area contributed by atoms with Crippen LogP contribution in [0, 0.1) is 0 Å². The van der Waals surface area contributed by atoms with Crippen molar-refractivity contribution in [3.8, 4) is 0 Å². The summed E-state index contributed by atoms with van der Waals surface area (Å²) in [6.45, 7) is 5.39. The zero-order valence-corrected chi connectivity index (χ0v) is 12.4. The van der Waals surface area contributed by atoms with E-state index in [2.05, 4.69) is 0 Å². The van der Waals surface area contributed by atoms with Gasteiger partial charge in [0.15, 0.2) is 0 Å². The van der Waals surface area contributed by atoms with E-state index in [0.717, 1.165) is 9.81 Å².